The first kappa shape index (κ1) is 25.2. The lowest BCUT2D eigenvalue weighted by molar-refractivity contribution is -0.142. The summed E-state index contributed by atoms with van der Waals surface area (Å²) in [4.78, 5) is 41.8. The van der Waals surface area contributed by atoms with Crippen LogP contribution in [0.3, 0.4) is 0 Å². The van der Waals surface area contributed by atoms with E-state index in [1.54, 1.807) is 19.2 Å². The Hall–Kier alpha value is -2.38. The molecular weight excluding hydrogens is 442 g/mol. The second-order valence-corrected chi connectivity index (χ2v) is 9.97. The number of nitrogens with one attached hydrogen (secondary N) is 2. The summed E-state index contributed by atoms with van der Waals surface area (Å²) in [6.07, 6.45) is 4.34. The number of amides is 3. The molecule has 8 heteroatoms. The van der Waals surface area contributed by atoms with Crippen LogP contribution in [0.4, 0.5) is 5.69 Å². The van der Waals surface area contributed by atoms with Gasteiger partial charge in [0.1, 0.15) is 6.04 Å². The van der Waals surface area contributed by atoms with E-state index in [2.05, 4.69) is 10.6 Å². The van der Waals surface area contributed by atoms with E-state index in [4.69, 9.17) is 11.6 Å². The number of benzene rings is 1. The largest absolute Gasteiger partial charge is 0.394 e. The fourth-order valence-corrected chi connectivity index (χ4v) is 5.58. The summed E-state index contributed by atoms with van der Waals surface area (Å²) in [6.45, 7) is 7.51. The molecule has 7 nitrogen and oxygen atoms in total. The van der Waals surface area contributed by atoms with Gasteiger partial charge in [-0.05, 0) is 36.8 Å². The maximum Gasteiger partial charge on any atom is 0.247 e. The second-order valence-electron chi connectivity index (χ2n) is 9.56. The van der Waals surface area contributed by atoms with Crippen molar-refractivity contribution in [2.75, 3.05) is 19.0 Å². The Bertz CT molecular complexity index is 927. The standard InChI is InChI=1S/C25H34ClN3O4/c1-13(2)11-16(12-30)29-22(24(32)28-21-15(4)7-6-8-18(21)26)17-10-9-14(3)19(23(31)27-5)20(17)25(29)33/h6-10,13-14,16-17,19-20,22,30H,11-12H2,1-5H3,(H,27,31)(H,28,32)/t14-,16-,17+,19-,20+,22+/m1/s1. The minimum absolute atomic E-state index is 0.151. The smallest absolute Gasteiger partial charge is 0.247 e. The highest BCUT2D eigenvalue weighted by atomic mass is 35.5. The number of rotatable bonds is 7. The topological polar surface area (TPSA) is 98.7 Å². The maximum atomic E-state index is 13.8. The number of aliphatic hydroxyl groups excluding tert-OH is 1. The molecule has 0 spiro atoms. The number of fused-ring (bicyclic) bond motifs is 1. The summed E-state index contributed by atoms with van der Waals surface area (Å²) in [5, 5.41) is 16.2. The molecule has 1 heterocycles. The van der Waals surface area contributed by atoms with Crippen molar-refractivity contribution in [3.8, 4) is 0 Å². The van der Waals surface area contributed by atoms with Crippen molar-refractivity contribution in [3.63, 3.8) is 0 Å². The lowest BCUT2D eigenvalue weighted by Crippen LogP contribution is -2.51. The zero-order chi connectivity index (χ0) is 24.4. The highest BCUT2D eigenvalue weighted by molar-refractivity contribution is 6.34. The molecule has 180 valence electrons. The van der Waals surface area contributed by atoms with Crippen molar-refractivity contribution < 1.29 is 19.5 Å². The van der Waals surface area contributed by atoms with Gasteiger partial charge in [0.2, 0.25) is 17.7 Å². The Morgan fingerprint density at radius 3 is 2.48 bits per heavy atom. The molecule has 3 amide bonds. The first-order chi connectivity index (χ1) is 15.6. The van der Waals surface area contributed by atoms with E-state index >= 15 is 0 Å². The lowest BCUT2D eigenvalue weighted by Gasteiger charge is -2.34. The summed E-state index contributed by atoms with van der Waals surface area (Å²) in [6, 6.07) is 3.97. The van der Waals surface area contributed by atoms with Crippen LogP contribution in [0.25, 0.3) is 0 Å². The van der Waals surface area contributed by atoms with E-state index in [1.807, 2.05) is 45.9 Å². The maximum absolute atomic E-state index is 13.8. The van der Waals surface area contributed by atoms with E-state index in [0.29, 0.717) is 17.1 Å². The fourth-order valence-electron chi connectivity index (χ4n) is 5.31. The fraction of sp³-hybridized carbons (Fsp3) is 0.560. The molecular formula is C25H34ClN3O4. The second kappa shape index (κ2) is 10.3. The molecule has 1 fully saturated rings. The zero-order valence-corrected chi connectivity index (χ0v) is 20.6. The number of hydrogen-bond donors (Lipinski definition) is 3. The van der Waals surface area contributed by atoms with Crippen LogP contribution < -0.4 is 10.6 Å². The van der Waals surface area contributed by atoms with Gasteiger partial charge in [-0.25, -0.2) is 0 Å². The summed E-state index contributed by atoms with van der Waals surface area (Å²) < 4.78 is 0. The van der Waals surface area contributed by atoms with Crippen LogP contribution >= 0.6 is 11.6 Å². The van der Waals surface area contributed by atoms with Gasteiger partial charge in [-0.1, -0.05) is 56.7 Å². The Kier molecular flexibility index (Phi) is 7.85. The SMILES string of the molecule is CNC(=O)[C@H]1[C@H]2C(=O)N([C@@H](CO)CC(C)C)[C@H](C(=O)Nc3c(C)cccc3Cl)[C@H]2C=C[C@H]1C. The molecule has 6 atom stereocenters. The average molecular weight is 476 g/mol. The highest BCUT2D eigenvalue weighted by Crippen LogP contribution is 2.45. The zero-order valence-electron chi connectivity index (χ0n) is 19.8. The van der Waals surface area contributed by atoms with Crippen molar-refractivity contribution in [2.24, 2.45) is 29.6 Å². The molecule has 1 aromatic carbocycles. The number of carbonyl (C=O) groups is 3. The Morgan fingerprint density at radius 2 is 1.91 bits per heavy atom. The molecule has 0 radical (unpaired) electrons. The molecule has 0 aromatic heterocycles. The van der Waals surface area contributed by atoms with Crippen LogP contribution in [-0.4, -0.2) is 53.5 Å². The van der Waals surface area contributed by atoms with Crippen molar-refractivity contribution in [1.29, 1.82) is 0 Å². The molecule has 0 bridgehead atoms. The number of allylic oxidation sites excluding steroid dienone is 1. The van der Waals surface area contributed by atoms with Crippen molar-refractivity contribution in [1.82, 2.24) is 10.2 Å². The Balaban J connectivity index is 2.06. The van der Waals surface area contributed by atoms with Gasteiger partial charge in [-0.15, -0.1) is 0 Å². The number of aliphatic hydroxyl groups is 1. The van der Waals surface area contributed by atoms with Crippen LogP contribution in [0.1, 0.15) is 32.8 Å². The predicted octanol–water partition coefficient (Wildman–Crippen LogP) is 3.01. The number of halogens is 1. The van der Waals surface area contributed by atoms with Gasteiger partial charge in [0.25, 0.3) is 0 Å². The number of hydrogen-bond acceptors (Lipinski definition) is 4. The van der Waals surface area contributed by atoms with E-state index in [0.717, 1.165) is 5.56 Å². The highest BCUT2D eigenvalue weighted by Gasteiger charge is 2.58. The minimum atomic E-state index is -0.857. The van der Waals surface area contributed by atoms with Crippen LogP contribution in [-0.2, 0) is 14.4 Å². The summed E-state index contributed by atoms with van der Waals surface area (Å²) in [5.74, 6) is -2.54. The van der Waals surface area contributed by atoms with Crippen LogP contribution in [0.15, 0.2) is 30.4 Å². The molecule has 1 saturated heterocycles. The number of para-hydroxylation sites is 1. The monoisotopic (exact) mass is 475 g/mol. The molecule has 33 heavy (non-hydrogen) atoms. The van der Waals surface area contributed by atoms with E-state index in [-0.39, 0.29) is 36.2 Å². The molecule has 3 N–H and O–H groups in total. The van der Waals surface area contributed by atoms with Gasteiger partial charge >= 0.3 is 0 Å². The molecule has 2 aliphatic rings. The normalized spacial score (nSPS) is 27.5. The molecule has 1 aliphatic carbocycles. The molecule has 1 aliphatic heterocycles. The first-order valence-corrected chi connectivity index (χ1v) is 11.9. The number of carbonyl (C=O) groups excluding carboxylic acids is 3. The van der Waals surface area contributed by atoms with Gasteiger partial charge in [-0.3, -0.25) is 14.4 Å². The minimum Gasteiger partial charge on any atom is -0.394 e. The third-order valence-electron chi connectivity index (χ3n) is 6.84. The molecule has 0 saturated carbocycles. The van der Waals surface area contributed by atoms with Gasteiger partial charge in [0, 0.05) is 13.0 Å². The summed E-state index contributed by atoms with van der Waals surface area (Å²) >= 11 is 6.34. The summed E-state index contributed by atoms with van der Waals surface area (Å²) in [7, 11) is 1.55. The first-order valence-electron chi connectivity index (χ1n) is 11.5. The lowest BCUT2D eigenvalue weighted by atomic mass is 9.70. The predicted molar refractivity (Wildman–Crippen MR) is 129 cm³/mol. The Morgan fingerprint density at radius 1 is 1.21 bits per heavy atom. The molecule has 3 rings (SSSR count). The quantitative estimate of drug-likeness (QED) is 0.528. The Labute approximate surface area is 200 Å². The van der Waals surface area contributed by atoms with Crippen molar-refractivity contribution in [3.05, 3.63) is 40.9 Å². The number of nitrogens with zero attached hydrogens (tertiary/aromatic N) is 1. The average Bonchev–Trinajstić information content (AvgIpc) is 3.06. The third-order valence-corrected chi connectivity index (χ3v) is 7.16. The van der Waals surface area contributed by atoms with Crippen LogP contribution in [0.2, 0.25) is 5.02 Å². The van der Waals surface area contributed by atoms with Gasteiger partial charge in [0.15, 0.2) is 0 Å². The van der Waals surface area contributed by atoms with E-state index in [9.17, 15) is 19.5 Å². The van der Waals surface area contributed by atoms with E-state index in [1.165, 1.54) is 4.90 Å². The summed E-state index contributed by atoms with van der Waals surface area (Å²) in [5.41, 5.74) is 1.31. The van der Waals surface area contributed by atoms with E-state index < -0.39 is 29.8 Å². The number of anilines is 1. The van der Waals surface area contributed by atoms with Crippen LogP contribution in [0.5, 0.6) is 0 Å². The number of aryl methyl sites for hydroxylation is 1. The van der Waals surface area contributed by atoms with Gasteiger partial charge in [-0.2, -0.15) is 0 Å². The molecule has 0 unspecified atom stereocenters. The number of likely N-dealkylation sites (tertiary alicyclic amines) is 1. The van der Waals surface area contributed by atoms with Gasteiger partial charge in [0.05, 0.1) is 35.2 Å². The van der Waals surface area contributed by atoms with Gasteiger partial charge < -0.3 is 20.6 Å². The third kappa shape index (κ3) is 4.80. The van der Waals surface area contributed by atoms with Crippen molar-refractivity contribution >= 4 is 35.0 Å². The molecule has 1 aromatic rings. The van der Waals surface area contributed by atoms with Crippen LogP contribution in [0, 0.1) is 36.5 Å². The van der Waals surface area contributed by atoms with Crippen molar-refractivity contribution in [2.45, 2.75) is 46.2 Å².